The first kappa shape index (κ1) is 11.5. The molecule has 1 saturated heterocycles. The fourth-order valence-electron chi connectivity index (χ4n) is 1.41. The van der Waals surface area contributed by atoms with Crippen LogP contribution in [0.5, 0.6) is 0 Å². The zero-order chi connectivity index (χ0) is 10.6. The average molecular weight is 200 g/mol. The summed E-state index contributed by atoms with van der Waals surface area (Å²) in [6.45, 7) is 5.66. The first-order valence-corrected chi connectivity index (χ1v) is 5.21. The van der Waals surface area contributed by atoms with Crippen molar-refractivity contribution in [1.29, 1.82) is 0 Å². The molecule has 0 bridgehead atoms. The summed E-state index contributed by atoms with van der Waals surface area (Å²) in [5.41, 5.74) is 5.17. The summed E-state index contributed by atoms with van der Waals surface area (Å²) in [5, 5.41) is 2.98. The molecule has 1 heterocycles. The highest BCUT2D eigenvalue weighted by Gasteiger charge is 2.31. The summed E-state index contributed by atoms with van der Waals surface area (Å²) in [6.07, 6.45) is 1.68. The van der Waals surface area contributed by atoms with Crippen molar-refractivity contribution in [1.82, 2.24) is 5.32 Å². The van der Waals surface area contributed by atoms with Crippen LogP contribution in [-0.2, 0) is 9.53 Å². The van der Waals surface area contributed by atoms with Crippen molar-refractivity contribution >= 4 is 5.91 Å². The predicted octanol–water partition coefficient (Wildman–Crippen LogP) is 0.267. The number of hydrogen-bond acceptors (Lipinski definition) is 3. The third-order valence-electron chi connectivity index (χ3n) is 3.04. The van der Waals surface area contributed by atoms with E-state index in [1.165, 1.54) is 0 Å². The number of carbonyl (C=O) groups excluding carboxylic acids is 1. The van der Waals surface area contributed by atoms with Crippen LogP contribution in [0.1, 0.15) is 26.7 Å². The molecular weight excluding hydrogens is 180 g/mol. The van der Waals surface area contributed by atoms with Crippen molar-refractivity contribution < 1.29 is 9.53 Å². The summed E-state index contributed by atoms with van der Waals surface area (Å²) >= 11 is 0. The summed E-state index contributed by atoms with van der Waals surface area (Å²) in [6, 6.07) is 0.180. The van der Waals surface area contributed by atoms with Gasteiger partial charge >= 0.3 is 0 Å². The Kier molecular flexibility index (Phi) is 3.89. The van der Waals surface area contributed by atoms with E-state index >= 15 is 0 Å². The van der Waals surface area contributed by atoms with Crippen LogP contribution in [0.3, 0.4) is 0 Å². The molecule has 0 spiro atoms. The number of carbonyl (C=O) groups is 1. The van der Waals surface area contributed by atoms with Gasteiger partial charge in [-0.25, -0.2) is 0 Å². The molecule has 82 valence electrons. The smallest absolute Gasteiger partial charge is 0.227 e. The standard InChI is InChI=1S/C10H20N2O2/c1-3-10(2,7-11)9(13)12-8-4-5-14-6-8/h8H,3-7,11H2,1-2H3,(H,12,13). The van der Waals surface area contributed by atoms with E-state index in [-0.39, 0.29) is 11.9 Å². The van der Waals surface area contributed by atoms with E-state index in [2.05, 4.69) is 5.32 Å². The Morgan fingerprint density at radius 1 is 1.71 bits per heavy atom. The second-order valence-electron chi connectivity index (χ2n) is 4.15. The number of hydrogen-bond donors (Lipinski definition) is 2. The second-order valence-corrected chi connectivity index (χ2v) is 4.15. The molecule has 14 heavy (non-hydrogen) atoms. The first-order chi connectivity index (χ1) is 6.62. The number of ether oxygens (including phenoxy) is 1. The van der Waals surface area contributed by atoms with Gasteiger partial charge in [-0.3, -0.25) is 4.79 Å². The summed E-state index contributed by atoms with van der Waals surface area (Å²) in [5.74, 6) is 0.0537. The third kappa shape index (κ3) is 2.45. The fraction of sp³-hybridized carbons (Fsp3) is 0.900. The monoisotopic (exact) mass is 200 g/mol. The van der Waals surface area contributed by atoms with Crippen molar-refractivity contribution in [2.24, 2.45) is 11.1 Å². The van der Waals surface area contributed by atoms with Gasteiger partial charge in [0.05, 0.1) is 18.1 Å². The molecule has 1 fully saturated rings. The van der Waals surface area contributed by atoms with Crippen LogP contribution in [-0.4, -0.2) is 31.7 Å². The molecule has 0 aromatic heterocycles. The van der Waals surface area contributed by atoms with Crippen LogP contribution in [0.4, 0.5) is 0 Å². The molecule has 0 aromatic carbocycles. The largest absolute Gasteiger partial charge is 0.379 e. The second kappa shape index (κ2) is 4.75. The minimum absolute atomic E-state index is 0.0537. The zero-order valence-electron chi connectivity index (χ0n) is 9.01. The Bertz CT molecular complexity index is 196. The number of rotatable bonds is 4. The van der Waals surface area contributed by atoms with E-state index in [1.54, 1.807) is 0 Å². The van der Waals surface area contributed by atoms with Gasteiger partial charge in [0.15, 0.2) is 0 Å². The van der Waals surface area contributed by atoms with E-state index in [9.17, 15) is 4.79 Å². The highest BCUT2D eigenvalue weighted by atomic mass is 16.5. The lowest BCUT2D eigenvalue weighted by Gasteiger charge is -2.26. The van der Waals surface area contributed by atoms with Crippen molar-refractivity contribution in [3.63, 3.8) is 0 Å². The van der Waals surface area contributed by atoms with E-state index < -0.39 is 5.41 Å². The summed E-state index contributed by atoms with van der Waals surface area (Å²) in [7, 11) is 0. The van der Waals surface area contributed by atoms with Gasteiger partial charge in [0.2, 0.25) is 5.91 Å². The SMILES string of the molecule is CCC(C)(CN)C(=O)NC1CCOC1. The molecule has 3 N–H and O–H groups in total. The highest BCUT2D eigenvalue weighted by Crippen LogP contribution is 2.20. The molecule has 0 radical (unpaired) electrons. The molecule has 0 saturated carbocycles. The van der Waals surface area contributed by atoms with Gasteiger partial charge < -0.3 is 15.8 Å². The Morgan fingerprint density at radius 2 is 2.43 bits per heavy atom. The van der Waals surface area contributed by atoms with Gasteiger partial charge in [0, 0.05) is 13.2 Å². The molecule has 1 aliphatic heterocycles. The minimum atomic E-state index is -0.428. The maximum Gasteiger partial charge on any atom is 0.227 e. The van der Waals surface area contributed by atoms with Gasteiger partial charge in [-0.05, 0) is 19.8 Å². The van der Waals surface area contributed by atoms with Crippen LogP contribution >= 0.6 is 0 Å². The van der Waals surface area contributed by atoms with Crippen molar-refractivity contribution in [3.8, 4) is 0 Å². The van der Waals surface area contributed by atoms with Gasteiger partial charge in [0.25, 0.3) is 0 Å². The molecule has 1 rings (SSSR count). The van der Waals surface area contributed by atoms with E-state index in [1.807, 2.05) is 13.8 Å². The predicted molar refractivity (Wildman–Crippen MR) is 54.8 cm³/mol. The molecule has 0 aliphatic carbocycles. The average Bonchev–Trinajstić information content (AvgIpc) is 2.69. The highest BCUT2D eigenvalue weighted by molar-refractivity contribution is 5.82. The lowest BCUT2D eigenvalue weighted by atomic mass is 9.86. The van der Waals surface area contributed by atoms with Crippen molar-refractivity contribution in [3.05, 3.63) is 0 Å². The Labute approximate surface area is 85.2 Å². The zero-order valence-corrected chi connectivity index (χ0v) is 9.01. The molecule has 0 aromatic rings. The topological polar surface area (TPSA) is 64.4 Å². The maximum absolute atomic E-state index is 11.8. The van der Waals surface area contributed by atoms with Crippen LogP contribution in [0.15, 0.2) is 0 Å². The van der Waals surface area contributed by atoms with Gasteiger partial charge in [-0.1, -0.05) is 6.92 Å². The molecule has 1 aliphatic rings. The summed E-state index contributed by atoms with van der Waals surface area (Å²) in [4.78, 5) is 11.8. The van der Waals surface area contributed by atoms with Crippen LogP contribution in [0.2, 0.25) is 0 Å². The Balaban J connectivity index is 2.46. The minimum Gasteiger partial charge on any atom is -0.379 e. The Morgan fingerprint density at radius 3 is 2.86 bits per heavy atom. The van der Waals surface area contributed by atoms with E-state index in [0.717, 1.165) is 19.4 Å². The summed E-state index contributed by atoms with van der Waals surface area (Å²) < 4.78 is 5.19. The maximum atomic E-state index is 11.8. The lowest BCUT2D eigenvalue weighted by molar-refractivity contribution is -0.130. The molecule has 4 nitrogen and oxygen atoms in total. The lowest BCUT2D eigenvalue weighted by Crippen LogP contribution is -2.47. The number of nitrogens with two attached hydrogens (primary N) is 1. The quantitative estimate of drug-likeness (QED) is 0.684. The van der Waals surface area contributed by atoms with Crippen LogP contribution in [0.25, 0.3) is 0 Å². The van der Waals surface area contributed by atoms with Crippen LogP contribution in [0, 0.1) is 5.41 Å². The first-order valence-electron chi connectivity index (χ1n) is 5.21. The van der Waals surface area contributed by atoms with E-state index in [0.29, 0.717) is 13.2 Å². The Hall–Kier alpha value is -0.610. The van der Waals surface area contributed by atoms with Gasteiger partial charge in [-0.2, -0.15) is 0 Å². The van der Waals surface area contributed by atoms with Crippen LogP contribution < -0.4 is 11.1 Å². The fourth-order valence-corrected chi connectivity index (χ4v) is 1.41. The van der Waals surface area contributed by atoms with Crippen molar-refractivity contribution in [2.45, 2.75) is 32.7 Å². The normalized spacial score (nSPS) is 25.8. The molecule has 2 unspecified atom stereocenters. The molecule has 4 heteroatoms. The molecule has 2 atom stereocenters. The third-order valence-corrected chi connectivity index (χ3v) is 3.04. The molecule has 1 amide bonds. The van der Waals surface area contributed by atoms with Crippen molar-refractivity contribution in [2.75, 3.05) is 19.8 Å². The number of amides is 1. The van der Waals surface area contributed by atoms with E-state index in [4.69, 9.17) is 10.5 Å². The van der Waals surface area contributed by atoms with Gasteiger partial charge in [0.1, 0.15) is 0 Å². The number of nitrogens with one attached hydrogen (secondary N) is 1. The molecular formula is C10H20N2O2. The van der Waals surface area contributed by atoms with Gasteiger partial charge in [-0.15, -0.1) is 0 Å².